The van der Waals surface area contributed by atoms with E-state index in [0.717, 1.165) is 61.6 Å². The van der Waals surface area contributed by atoms with Gasteiger partial charge in [-0.2, -0.15) is 0 Å². The predicted octanol–water partition coefficient (Wildman–Crippen LogP) is 5.76. The van der Waals surface area contributed by atoms with Gasteiger partial charge in [0.15, 0.2) is 0 Å². The molecular weight excluding hydrogens is 391 g/mol. The Morgan fingerprint density at radius 2 is 1.96 bits per heavy atom. The molecule has 2 aromatic carbocycles. The quantitative estimate of drug-likeness (QED) is 0.607. The summed E-state index contributed by atoms with van der Waals surface area (Å²) >= 11 is 6.11. The van der Waals surface area contributed by atoms with Crippen molar-refractivity contribution in [1.29, 1.82) is 0 Å². The molecule has 0 aromatic heterocycles. The van der Waals surface area contributed by atoms with Gasteiger partial charge in [-0.1, -0.05) is 54.4 Å². The minimum atomic E-state index is 0. The van der Waals surface area contributed by atoms with Crippen molar-refractivity contribution in [3.63, 3.8) is 0 Å². The van der Waals surface area contributed by atoms with Crippen molar-refractivity contribution < 1.29 is 4.79 Å². The minimum absolute atomic E-state index is 0. The van der Waals surface area contributed by atoms with E-state index in [2.05, 4.69) is 28.4 Å². The summed E-state index contributed by atoms with van der Waals surface area (Å²) < 4.78 is 0. The number of carbonyl (C=O) groups excluding carboxylic acids is 1. The van der Waals surface area contributed by atoms with E-state index in [4.69, 9.17) is 11.6 Å². The summed E-state index contributed by atoms with van der Waals surface area (Å²) in [6, 6.07) is 16.2. The van der Waals surface area contributed by atoms with Gasteiger partial charge in [-0.3, -0.25) is 9.69 Å². The molecule has 0 aliphatic carbocycles. The number of nitrogens with one attached hydrogen (secondary N) is 1. The lowest BCUT2D eigenvalue weighted by Crippen LogP contribution is -2.29. The van der Waals surface area contributed by atoms with Gasteiger partial charge in [0.05, 0.1) is 5.92 Å². The van der Waals surface area contributed by atoms with E-state index in [1.807, 2.05) is 36.4 Å². The summed E-state index contributed by atoms with van der Waals surface area (Å²) in [5.41, 5.74) is 4.79. The number of hydrogen-bond acceptors (Lipinski definition) is 2. The first-order valence-electron chi connectivity index (χ1n) is 9.78. The normalized spacial score (nSPS) is 18.8. The van der Waals surface area contributed by atoms with Crippen LogP contribution in [0, 0.1) is 0 Å². The fourth-order valence-corrected chi connectivity index (χ4v) is 4.30. The third-order valence-electron chi connectivity index (χ3n) is 5.62. The molecule has 1 N–H and O–H groups in total. The van der Waals surface area contributed by atoms with E-state index in [-0.39, 0.29) is 24.2 Å². The number of rotatable bonds is 6. The number of carbonyl (C=O) groups is 1. The van der Waals surface area contributed by atoms with Crippen LogP contribution in [0.2, 0.25) is 5.02 Å². The van der Waals surface area contributed by atoms with Crippen LogP contribution < -0.4 is 5.32 Å². The molecule has 5 heteroatoms. The highest BCUT2D eigenvalue weighted by Crippen LogP contribution is 2.35. The molecule has 4 rings (SSSR count). The van der Waals surface area contributed by atoms with Crippen LogP contribution in [0.5, 0.6) is 0 Å². The van der Waals surface area contributed by atoms with Crippen molar-refractivity contribution >= 4 is 41.2 Å². The van der Waals surface area contributed by atoms with Crippen LogP contribution >= 0.6 is 24.0 Å². The second-order valence-electron chi connectivity index (χ2n) is 7.42. The van der Waals surface area contributed by atoms with E-state index >= 15 is 0 Å². The van der Waals surface area contributed by atoms with Crippen molar-refractivity contribution in [2.24, 2.45) is 0 Å². The third-order valence-corrected chi connectivity index (χ3v) is 5.85. The molecule has 2 aliphatic rings. The van der Waals surface area contributed by atoms with E-state index in [1.54, 1.807) is 0 Å². The maximum absolute atomic E-state index is 12.2. The molecule has 1 unspecified atom stereocenters. The molecule has 2 aromatic rings. The Hall–Kier alpha value is -1.81. The lowest BCUT2D eigenvalue weighted by molar-refractivity contribution is -0.117. The number of halogens is 2. The van der Waals surface area contributed by atoms with Gasteiger partial charge in [0, 0.05) is 23.8 Å². The van der Waals surface area contributed by atoms with Crippen molar-refractivity contribution in [2.45, 2.75) is 31.6 Å². The first kappa shape index (κ1) is 20.9. The largest absolute Gasteiger partial charge is 0.325 e. The summed E-state index contributed by atoms with van der Waals surface area (Å²) in [4.78, 5) is 14.7. The average molecular weight is 417 g/mol. The molecule has 3 nitrogen and oxygen atoms in total. The smallest absolute Gasteiger partial charge is 0.232 e. The van der Waals surface area contributed by atoms with E-state index in [1.165, 1.54) is 11.1 Å². The molecule has 0 fully saturated rings. The number of para-hydroxylation sites is 1. The van der Waals surface area contributed by atoms with E-state index < -0.39 is 0 Å². The summed E-state index contributed by atoms with van der Waals surface area (Å²) in [6.45, 7) is 3.18. The zero-order chi connectivity index (χ0) is 18.6. The number of hydrogen-bond donors (Lipinski definition) is 1. The Morgan fingerprint density at radius 3 is 2.75 bits per heavy atom. The van der Waals surface area contributed by atoms with Gasteiger partial charge in [-0.25, -0.2) is 0 Å². The van der Waals surface area contributed by atoms with Crippen molar-refractivity contribution in [1.82, 2.24) is 4.90 Å². The number of nitrogens with zero attached hydrogens (tertiary/aromatic N) is 1. The van der Waals surface area contributed by atoms with Crippen molar-refractivity contribution in [2.75, 3.05) is 25.0 Å². The maximum atomic E-state index is 12.2. The number of benzene rings is 2. The molecule has 0 saturated heterocycles. The number of anilines is 1. The Kier molecular flexibility index (Phi) is 7.17. The van der Waals surface area contributed by atoms with Gasteiger partial charge in [0.1, 0.15) is 0 Å². The Labute approximate surface area is 178 Å². The zero-order valence-electron chi connectivity index (χ0n) is 15.9. The van der Waals surface area contributed by atoms with Crippen LogP contribution in [0.15, 0.2) is 54.6 Å². The highest BCUT2D eigenvalue weighted by atomic mass is 35.5. The van der Waals surface area contributed by atoms with Gasteiger partial charge < -0.3 is 5.32 Å². The molecule has 28 heavy (non-hydrogen) atoms. The van der Waals surface area contributed by atoms with Gasteiger partial charge in [-0.15, -0.1) is 12.4 Å². The molecular formula is C23H26Cl2N2O. The Balaban J connectivity index is 0.00000225. The van der Waals surface area contributed by atoms with Crippen molar-refractivity contribution in [3.05, 3.63) is 70.8 Å². The molecule has 2 aliphatic heterocycles. The summed E-state index contributed by atoms with van der Waals surface area (Å²) in [5, 5.41) is 3.79. The van der Waals surface area contributed by atoms with Crippen LogP contribution in [0.4, 0.5) is 5.69 Å². The Morgan fingerprint density at radius 1 is 1.11 bits per heavy atom. The van der Waals surface area contributed by atoms with Gasteiger partial charge >= 0.3 is 0 Å². The highest BCUT2D eigenvalue weighted by Gasteiger charge is 2.29. The summed E-state index contributed by atoms with van der Waals surface area (Å²) in [6.07, 6.45) is 6.54. The standard InChI is InChI=1S/C23H25ClN2O.ClH/c24-19-7-5-6-18(16-19)17-11-14-26(15-12-17)13-4-3-9-21-20-8-1-2-10-22(20)25-23(21)27;/h1-2,5-8,10-11,16,21H,3-4,9,12-15H2,(H,25,27);1H. The number of fused-ring (bicyclic) bond motifs is 1. The topological polar surface area (TPSA) is 32.3 Å². The van der Waals surface area contributed by atoms with E-state index in [0.29, 0.717) is 0 Å². The summed E-state index contributed by atoms with van der Waals surface area (Å²) in [7, 11) is 0. The van der Waals surface area contributed by atoms with Gasteiger partial charge in [0.25, 0.3) is 0 Å². The highest BCUT2D eigenvalue weighted by molar-refractivity contribution is 6.30. The van der Waals surface area contributed by atoms with Crippen LogP contribution in [-0.4, -0.2) is 30.4 Å². The molecule has 2 heterocycles. The second-order valence-corrected chi connectivity index (χ2v) is 7.85. The molecule has 0 saturated carbocycles. The fraction of sp³-hybridized carbons (Fsp3) is 0.348. The van der Waals surface area contributed by atoms with Gasteiger partial charge in [-0.05, 0) is 60.7 Å². The van der Waals surface area contributed by atoms with Crippen LogP contribution in [0.3, 0.4) is 0 Å². The first-order valence-corrected chi connectivity index (χ1v) is 10.2. The Bertz CT molecular complexity index is 865. The molecule has 1 atom stereocenters. The predicted molar refractivity (Wildman–Crippen MR) is 119 cm³/mol. The molecule has 148 valence electrons. The number of unbranched alkanes of at least 4 members (excludes halogenated alkanes) is 1. The van der Waals surface area contributed by atoms with E-state index in [9.17, 15) is 4.79 Å². The monoisotopic (exact) mass is 416 g/mol. The SMILES string of the molecule is Cl.O=C1Nc2ccccc2C1CCCCN1CC=C(c2cccc(Cl)c2)CC1. The fourth-order valence-electron chi connectivity index (χ4n) is 4.11. The molecule has 0 radical (unpaired) electrons. The van der Waals surface area contributed by atoms with Crippen molar-refractivity contribution in [3.8, 4) is 0 Å². The molecule has 1 amide bonds. The van der Waals surface area contributed by atoms with Crippen LogP contribution in [0.25, 0.3) is 5.57 Å². The second kappa shape index (κ2) is 9.60. The summed E-state index contributed by atoms with van der Waals surface area (Å²) in [5.74, 6) is 0.181. The lowest BCUT2D eigenvalue weighted by Gasteiger charge is -2.26. The molecule has 0 spiro atoms. The maximum Gasteiger partial charge on any atom is 0.232 e. The first-order chi connectivity index (χ1) is 13.2. The minimum Gasteiger partial charge on any atom is -0.325 e. The van der Waals surface area contributed by atoms with Crippen LogP contribution in [0.1, 0.15) is 42.7 Å². The van der Waals surface area contributed by atoms with Gasteiger partial charge in [0.2, 0.25) is 5.91 Å². The zero-order valence-corrected chi connectivity index (χ0v) is 17.4. The molecule has 0 bridgehead atoms. The lowest BCUT2D eigenvalue weighted by atomic mass is 9.94. The average Bonchev–Trinajstić information content (AvgIpc) is 3.01. The van der Waals surface area contributed by atoms with Crippen LogP contribution in [-0.2, 0) is 4.79 Å². The third kappa shape index (κ3) is 4.78. The number of amides is 1.